The largest absolute Gasteiger partial charge is 0.416 e. The van der Waals surface area contributed by atoms with Crippen LogP contribution in [0.3, 0.4) is 0 Å². The lowest BCUT2D eigenvalue weighted by Gasteiger charge is -2.40. The van der Waals surface area contributed by atoms with E-state index < -0.39 is 36.2 Å². The molecule has 2 heterocycles. The summed E-state index contributed by atoms with van der Waals surface area (Å²) in [6.07, 6.45) is -9.90. The Balaban J connectivity index is 1.48. The highest BCUT2D eigenvalue weighted by Crippen LogP contribution is 2.37. The molecule has 0 radical (unpaired) electrons. The standard InChI is InChI=1S/C27H31F6N3O2/c1-34-9-11-35(12-10-34)17-25(37)36-8-7-24(23(16-36)20-5-3-2-4-6-20)38-18-19-13-21(26(28,29)30)15-22(14-19)27(31,32)33/h2-6,13-15,23-24H,7-12,16-18H2,1H3. The number of hydrogen-bond acceptors (Lipinski definition) is 4. The van der Waals surface area contributed by atoms with Crippen LogP contribution in [0, 0.1) is 0 Å². The van der Waals surface area contributed by atoms with Crippen LogP contribution in [0.5, 0.6) is 0 Å². The number of hydrogen-bond donors (Lipinski definition) is 0. The topological polar surface area (TPSA) is 36.0 Å². The van der Waals surface area contributed by atoms with Crippen LogP contribution in [0.25, 0.3) is 0 Å². The number of rotatable bonds is 6. The zero-order valence-corrected chi connectivity index (χ0v) is 21.1. The number of likely N-dealkylation sites (N-methyl/N-ethyl adjacent to an activating group) is 1. The van der Waals surface area contributed by atoms with Crippen molar-refractivity contribution in [3.05, 3.63) is 70.8 Å². The number of benzene rings is 2. The van der Waals surface area contributed by atoms with E-state index in [2.05, 4.69) is 9.80 Å². The minimum atomic E-state index is -4.92. The summed E-state index contributed by atoms with van der Waals surface area (Å²) in [5, 5.41) is 0. The molecule has 0 spiro atoms. The van der Waals surface area contributed by atoms with Crippen molar-refractivity contribution < 1.29 is 35.9 Å². The molecule has 5 nitrogen and oxygen atoms in total. The third-order valence-electron chi connectivity index (χ3n) is 7.20. The van der Waals surface area contributed by atoms with Crippen LogP contribution in [-0.4, -0.2) is 79.6 Å². The molecule has 2 fully saturated rings. The first-order valence-electron chi connectivity index (χ1n) is 12.5. The Morgan fingerprint density at radius 1 is 0.895 bits per heavy atom. The van der Waals surface area contributed by atoms with E-state index in [9.17, 15) is 31.1 Å². The van der Waals surface area contributed by atoms with Crippen molar-refractivity contribution in [2.45, 2.75) is 37.4 Å². The Kier molecular flexibility index (Phi) is 8.68. The lowest BCUT2D eigenvalue weighted by atomic mass is 9.87. The summed E-state index contributed by atoms with van der Waals surface area (Å²) in [7, 11) is 2.04. The maximum Gasteiger partial charge on any atom is 0.416 e. The van der Waals surface area contributed by atoms with Crippen molar-refractivity contribution in [3.63, 3.8) is 0 Å². The smallest absolute Gasteiger partial charge is 0.373 e. The van der Waals surface area contributed by atoms with Gasteiger partial charge in [0.15, 0.2) is 0 Å². The number of halogens is 6. The van der Waals surface area contributed by atoms with E-state index in [0.717, 1.165) is 31.7 Å². The van der Waals surface area contributed by atoms with Gasteiger partial charge in [0.2, 0.25) is 5.91 Å². The van der Waals surface area contributed by atoms with Crippen molar-refractivity contribution in [2.24, 2.45) is 0 Å². The molecule has 2 unspecified atom stereocenters. The number of piperazine rings is 1. The first-order chi connectivity index (χ1) is 17.9. The molecule has 11 heteroatoms. The van der Waals surface area contributed by atoms with Gasteiger partial charge in [0, 0.05) is 45.2 Å². The van der Waals surface area contributed by atoms with E-state index in [4.69, 9.17) is 4.74 Å². The molecule has 0 bridgehead atoms. The number of carbonyl (C=O) groups excluding carboxylic acids is 1. The molecular formula is C27H31F6N3O2. The molecule has 1 amide bonds. The lowest BCUT2D eigenvalue weighted by molar-refractivity contribution is -0.143. The number of nitrogens with zero attached hydrogens (tertiary/aromatic N) is 3. The van der Waals surface area contributed by atoms with Crippen molar-refractivity contribution in [1.29, 1.82) is 0 Å². The van der Waals surface area contributed by atoms with E-state index in [1.165, 1.54) is 0 Å². The molecule has 208 valence electrons. The Hall–Kier alpha value is -2.63. The van der Waals surface area contributed by atoms with Crippen molar-refractivity contribution in [3.8, 4) is 0 Å². The average molecular weight is 544 g/mol. The van der Waals surface area contributed by atoms with Gasteiger partial charge in [-0.1, -0.05) is 30.3 Å². The Morgan fingerprint density at radius 3 is 2.08 bits per heavy atom. The van der Waals surface area contributed by atoms with E-state index in [1.807, 2.05) is 37.4 Å². The summed E-state index contributed by atoms with van der Waals surface area (Å²) in [4.78, 5) is 19.2. The summed E-state index contributed by atoms with van der Waals surface area (Å²) in [6.45, 7) is 4.06. The monoisotopic (exact) mass is 543 g/mol. The maximum absolute atomic E-state index is 13.3. The fraction of sp³-hybridized carbons (Fsp3) is 0.519. The second-order valence-corrected chi connectivity index (χ2v) is 9.99. The van der Waals surface area contributed by atoms with Crippen molar-refractivity contribution in [1.82, 2.24) is 14.7 Å². The highest BCUT2D eigenvalue weighted by atomic mass is 19.4. The van der Waals surface area contributed by atoms with Crippen LogP contribution in [0.15, 0.2) is 48.5 Å². The third kappa shape index (κ3) is 7.27. The van der Waals surface area contributed by atoms with Gasteiger partial charge in [0.1, 0.15) is 0 Å². The highest BCUT2D eigenvalue weighted by molar-refractivity contribution is 5.78. The van der Waals surface area contributed by atoms with Crippen LogP contribution < -0.4 is 0 Å². The molecule has 2 atom stereocenters. The molecule has 2 aromatic rings. The number of likely N-dealkylation sites (tertiary alicyclic amines) is 1. The van der Waals surface area contributed by atoms with Gasteiger partial charge in [-0.15, -0.1) is 0 Å². The molecule has 2 saturated heterocycles. The average Bonchev–Trinajstić information content (AvgIpc) is 2.88. The molecule has 0 aromatic heterocycles. The zero-order valence-electron chi connectivity index (χ0n) is 21.1. The number of alkyl halides is 6. The van der Waals surface area contributed by atoms with Gasteiger partial charge < -0.3 is 14.5 Å². The number of amides is 1. The van der Waals surface area contributed by atoms with E-state index in [1.54, 1.807) is 4.90 Å². The van der Waals surface area contributed by atoms with Crippen LogP contribution in [0.2, 0.25) is 0 Å². The zero-order chi connectivity index (χ0) is 27.5. The summed E-state index contributed by atoms with van der Waals surface area (Å²) in [5.74, 6) is -0.268. The summed E-state index contributed by atoms with van der Waals surface area (Å²) in [5.41, 5.74) is -2.04. The van der Waals surface area contributed by atoms with Crippen LogP contribution in [-0.2, 0) is 28.5 Å². The van der Waals surface area contributed by atoms with E-state index in [-0.39, 0.29) is 23.5 Å². The van der Waals surface area contributed by atoms with Crippen molar-refractivity contribution >= 4 is 5.91 Å². The first kappa shape index (κ1) is 28.4. The predicted octanol–water partition coefficient (Wildman–Crippen LogP) is 4.87. The first-order valence-corrected chi connectivity index (χ1v) is 12.5. The summed E-state index contributed by atoms with van der Waals surface area (Å²) >= 11 is 0. The Labute approximate surface area is 217 Å². The predicted molar refractivity (Wildman–Crippen MR) is 129 cm³/mol. The molecule has 2 aromatic carbocycles. The minimum absolute atomic E-state index is 0.00151. The van der Waals surface area contributed by atoms with Gasteiger partial charge in [-0.2, -0.15) is 26.3 Å². The summed E-state index contributed by atoms with van der Waals surface area (Å²) in [6, 6.07) is 10.8. The Bertz CT molecular complexity index is 1050. The highest BCUT2D eigenvalue weighted by Gasteiger charge is 2.38. The number of ether oxygens (including phenoxy) is 1. The summed E-state index contributed by atoms with van der Waals surface area (Å²) < 4.78 is 85.6. The SMILES string of the molecule is CN1CCN(CC(=O)N2CCC(OCc3cc(C(F)(F)F)cc(C(F)(F)F)c3)C(c3ccccc3)C2)CC1. The molecule has 0 aliphatic carbocycles. The Morgan fingerprint density at radius 2 is 1.50 bits per heavy atom. The van der Waals surface area contributed by atoms with Gasteiger partial charge in [-0.3, -0.25) is 9.69 Å². The fourth-order valence-electron chi connectivity index (χ4n) is 4.98. The molecule has 2 aliphatic heterocycles. The normalized spacial score (nSPS) is 22.0. The van der Waals surface area contributed by atoms with E-state index >= 15 is 0 Å². The number of carbonyl (C=O) groups is 1. The van der Waals surface area contributed by atoms with Crippen LogP contribution >= 0.6 is 0 Å². The molecular weight excluding hydrogens is 512 g/mol. The molecule has 2 aliphatic rings. The van der Waals surface area contributed by atoms with Crippen LogP contribution in [0.4, 0.5) is 26.3 Å². The van der Waals surface area contributed by atoms with Gasteiger partial charge in [0.25, 0.3) is 0 Å². The van der Waals surface area contributed by atoms with Gasteiger partial charge in [-0.05, 0) is 42.8 Å². The van der Waals surface area contributed by atoms with Gasteiger partial charge in [0.05, 0.1) is 30.4 Å². The molecule has 4 rings (SSSR count). The van der Waals surface area contributed by atoms with Gasteiger partial charge in [-0.25, -0.2) is 0 Å². The number of piperidine rings is 1. The second-order valence-electron chi connectivity index (χ2n) is 9.99. The third-order valence-corrected chi connectivity index (χ3v) is 7.20. The second kappa shape index (κ2) is 11.6. The quantitative estimate of drug-likeness (QED) is 0.487. The van der Waals surface area contributed by atoms with E-state index in [0.29, 0.717) is 38.2 Å². The maximum atomic E-state index is 13.3. The van der Waals surface area contributed by atoms with Crippen molar-refractivity contribution in [2.75, 3.05) is 52.9 Å². The van der Waals surface area contributed by atoms with Gasteiger partial charge >= 0.3 is 12.4 Å². The fourth-order valence-corrected chi connectivity index (χ4v) is 4.98. The molecule has 38 heavy (non-hydrogen) atoms. The van der Waals surface area contributed by atoms with Crippen LogP contribution in [0.1, 0.15) is 34.6 Å². The lowest BCUT2D eigenvalue weighted by Crippen LogP contribution is -2.52. The molecule has 0 saturated carbocycles. The molecule has 0 N–H and O–H groups in total. The minimum Gasteiger partial charge on any atom is -0.373 e.